The van der Waals surface area contributed by atoms with Gasteiger partial charge in [-0.05, 0) is 29.3 Å². The summed E-state index contributed by atoms with van der Waals surface area (Å²) >= 11 is 0. The van der Waals surface area contributed by atoms with E-state index in [-0.39, 0.29) is 0 Å². The zero-order chi connectivity index (χ0) is 15.1. The number of hydrogen-bond acceptors (Lipinski definition) is 3. The highest BCUT2D eigenvalue weighted by Gasteiger charge is 2.05. The molecule has 0 saturated heterocycles. The van der Waals surface area contributed by atoms with Gasteiger partial charge in [0.15, 0.2) is 0 Å². The summed E-state index contributed by atoms with van der Waals surface area (Å²) in [5.41, 5.74) is 1.81. The average molecular weight is 282 g/mol. The Balaban J connectivity index is 1.93. The fraction of sp³-hybridized carbons (Fsp3) is 0.0588. The second kappa shape index (κ2) is 7.05. The van der Waals surface area contributed by atoms with E-state index in [9.17, 15) is 9.59 Å². The van der Waals surface area contributed by atoms with Crippen molar-refractivity contribution in [3.05, 3.63) is 71.8 Å². The molecule has 4 heteroatoms. The van der Waals surface area contributed by atoms with E-state index >= 15 is 0 Å². The van der Waals surface area contributed by atoms with Crippen molar-refractivity contribution >= 4 is 17.8 Å². The smallest absolute Gasteiger partial charge is 0.376 e. The van der Waals surface area contributed by atoms with Crippen LogP contribution in [0, 0.1) is 0 Å². The van der Waals surface area contributed by atoms with Gasteiger partial charge in [-0.3, -0.25) is 4.79 Å². The molecule has 2 aromatic rings. The maximum absolute atomic E-state index is 10.9. The predicted molar refractivity (Wildman–Crippen MR) is 78.9 cm³/mol. The Morgan fingerprint density at radius 2 is 1.67 bits per heavy atom. The number of carbonyl (C=O) groups excluding carboxylic acids is 1. The van der Waals surface area contributed by atoms with E-state index in [1.165, 1.54) is 6.08 Å². The van der Waals surface area contributed by atoms with Gasteiger partial charge in [-0.15, -0.1) is 0 Å². The van der Waals surface area contributed by atoms with Crippen LogP contribution in [0.15, 0.2) is 60.7 Å². The lowest BCUT2D eigenvalue weighted by Gasteiger charge is -2.06. The van der Waals surface area contributed by atoms with Gasteiger partial charge in [0.2, 0.25) is 0 Å². The molecule has 0 spiro atoms. The molecule has 106 valence electrons. The van der Waals surface area contributed by atoms with Crippen molar-refractivity contribution in [2.24, 2.45) is 0 Å². The molecular weight excluding hydrogens is 268 g/mol. The first-order valence-corrected chi connectivity index (χ1v) is 6.37. The van der Waals surface area contributed by atoms with E-state index in [2.05, 4.69) is 0 Å². The number of carbonyl (C=O) groups is 2. The molecule has 0 bridgehead atoms. The minimum Gasteiger partial charge on any atom is -0.489 e. The molecule has 4 nitrogen and oxygen atoms in total. The van der Waals surface area contributed by atoms with Crippen molar-refractivity contribution < 1.29 is 19.4 Å². The van der Waals surface area contributed by atoms with Crippen molar-refractivity contribution in [1.82, 2.24) is 0 Å². The maximum atomic E-state index is 10.9. The van der Waals surface area contributed by atoms with Gasteiger partial charge in [-0.1, -0.05) is 48.5 Å². The lowest BCUT2D eigenvalue weighted by atomic mass is 10.2. The zero-order valence-electron chi connectivity index (χ0n) is 11.2. The van der Waals surface area contributed by atoms with Gasteiger partial charge in [0, 0.05) is 0 Å². The van der Waals surface area contributed by atoms with Crippen molar-refractivity contribution in [3.8, 4) is 5.75 Å². The molecule has 0 amide bonds. The van der Waals surface area contributed by atoms with E-state index < -0.39 is 11.8 Å². The Morgan fingerprint density at radius 1 is 1.00 bits per heavy atom. The fourth-order valence-electron chi connectivity index (χ4n) is 1.66. The van der Waals surface area contributed by atoms with Gasteiger partial charge in [0.05, 0.1) is 0 Å². The summed E-state index contributed by atoms with van der Waals surface area (Å²) in [5, 5.41) is 8.46. The van der Waals surface area contributed by atoms with Crippen LogP contribution in [-0.2, 0) is 16.2 Å². The van der Waals surface area contributed by atoms with Crippen molar-refractivity contribution in [3.63, 3.8) is 0 Å². The third-order valence-electron chi connectivity index (χ3n) is 2.77. The van der Waals surface area contributed by atoms with Crippen molar-refractivity contribution in [2.45, 2.75) is 6.61 Å². The molecule has 0 unspecified atom stereocenters. The average Bonchev–Trinajstić information content (AvgIpc) is 2.52. The van der Waals surface area contributed by atoms with E-state index in [1.54, 1.807) is 24.3 Å². The van der Waals surface area contributed by atoms with Crippen LogP contribution in [0.3, 0.4) is 0 Å². The summed E-state index contributed by atoms with van der Waals surface area (Å²) in [6.07, 6.45) is 2.49. The Bertz CT molecular complexity index is 642. The van der Waals surface area contributed by atoms with Gasteiger partial charge in [-0.2, -0.15) is 0 Å². The first-order chi connectivity index (χ1) is 10.1. The molecule has 0 fully saturated rings. The SMILES string of the molecule is O=C(O)C(=O)C=Cc1ccc(OCc2ccccc2)cc1. The molecule has 0 radical (unpaired) electrons. The number of hydrogen-bond donors (Lipinski definition) is 1. The van der Waals surface area contributed by atoms with Crippen molar-refractivity contribution in [1.29, 1.82) is 0 Å². The monoisotopic (exact) mass is 282 g/mol. The molecule has 0 aliphatic heterocycles. The van der Waals surface area contributed by atoms with Crippen LogP contribution in [0.5, 0.6) is 5.75 Å². The first kappa shape index (κ1) is 14.5. The molecule has 21 heavy (non-hydrogen) atoms. The van der Waals surface area contributed by atoms with Crippen LogP contribution in [-0.4, -0.2) is 16.9 Å². The normalized spacial score (nSPS) is 10.5. The van der Waals surface area contributed by atoms with Crippen LogP contribution in [0.4, 0.5) is 0 Å². The largest absolute Gasteiger partial charge is 0.489 e. The zero-order valence-corrected chi connectivity index (χ0v) is 11.2. The van der Waals surface area contributed by atoms with E-state index in [1.807, 2.05) is 30.3 Å². The van der Waals surface area contributed by atoms with Gasteiger partial charge < -0.3 is 9.84 Å². The summed E-state index contributed by atoms with van der Waals surface area (Å²) in [6.45, 7) is 0.480. The molecule has 0 aromatic heterocycles. The Morgan fingerprint density at radius 3 is 2.29 bits per heavy atom. The van der Waals surface area contributed by atoms with E-state index in [0.29, 0.717) is 12.4 Å². The molecular formula is C17H14O4. The summed E-state index contributed by atoms with van der Waals surface area (Å²) in [5.74, 6) is -1.70. The third-order valence-corrected chi connectivity index (χ3v) is 2.77. The molecule has 2 aromatic carbocycles. The fourth-order valence-corrected chi connectivity index (χ4v) is 1.66. The molecule has 0 saturated carbocycles. The molecule has 0 heterocycles. The topological polar surface area (TPSA) is 63.6 Å². The Hall–Kier alpha value is -2.88. The van der Waals surface area contributed by atoms with Crippen molar-refractivity contribution in [2.75, 3.05) is 0 Å². The number of aliphatic carboxylic acids is 1. The van der Waals surface area contributed by atoms with E-state index in [4.69, 9.17) is 9.84 Å². The standard InChI is InChI=1S/C17H14O4/c18-16(17(19)20)11-8-13-6-9-15(10-7-13)21-12-14-4-2-1-3-5-14/h1-11H,12H2,(H,19,20). The highest BCUT2D eigenvalue weighted by Crippen LogP contribution is 2.15. The summed E-state index contributed by atoms with van der Waals surface area (Å²) in [6, 6.07) is 16.9. The Kier molecular flexibility index (Phi) is 4.88. The molecule has 2 rings (SSSR count). The highest BCUT2D eigenvalue weighted by atomic mass is 16.5. The van der Waals surface area contributed by atoms with Crippen LogP contribution in [0.2, 0.25) is 0 Å². The number of rotatable bonds is 6. The highest BCUT2D eigenvalue weighted by molar-refractivity contribution is 6.38. The van der Waals surface area contributed by atoms with Gasteiger partial charge >= 0.3 is 5.97 Å². The lowest BCUT2D eigenvalue weighted by molar-refractivity contribution is -0.146. The lowest BCUT2D eigenvalue weighted by Crippen LogP contribution is -2.08. The predicted octanol–water partition coefficient (Wildman–Crippen LogP) is 2.93. The number of carboxylic acid groups (broad SMARTS) is 1. The van der Waals surface area contributed by atoms with Gasteiger partial charge in [0.25, 0.3) is 5.78 Å². The summed E-state index contributed by atoms with van der Waals surface area (Å²) < 4.78 is 5.63. The summed E-state index contributed by atoms with van der Waals surface area (Å²) in [7, 11) is 0. The van der Waals surface area contributed by atoms with Gasteiger partial charge in [-0.25, -0.2) is 4.79 Å². The number of benzene rings is 2. The molecule has 0 aliphatic rings. The second-order valence-electron chi connectivity index (χ2n) is 4.35. The number of ether oxygens (including phenoxy) is 1. The number of ketones is 1. The number of carboxylic acids is 1. The minimum atomic E-state index is -1.46. The van der Waals surface area contributed by atoms with Crippen LogP contribution < -0.4 is 4.74 Å². The van der Waals surface area contributed by atoms with Crippen LogP contribution in [0.1, 0.15) is 11.1 Å². The minimum absolute atomic E-state index is 0.480. The van der Waals surface area contributed by atoms with Gasteiger partial charge in [0.1, 0.15) is 12.4 Å². The second-order valence-corrected chi connectivity index (χ2v) is 4.35. The quantitative estimate of drug-likeness (QED) is 0.653. The molecule has 0 atom stereocenters. The third kappa shape index (κ3) is 4.62. The first-order valence-electron chi connectivity index (χ1n) is 6.37. The molecule has 0 aliphatic carbocycles. The Labute approximate surface area is 122 Å². The van der Waals surface area contributed by atoms with E-state index in [0.717, 1.165) is 17.2 Å². The summed E-state index contributed by atoms with van der Waals surface area (Å²) in [4.78, 5) is 21.3. The maximum Gasteiger partial charge on any atom is 0.376 e. The van der Waals surface area contributed by atoms with Crippen LogP contribution >= 0.6 is 0 Å². The molecule has 1 N–H and O–H groups in total. The van der Waals surface area contributed by atoms with Crippen LogP contribution in [0.25, 0.3) is 6.08 Å².